The quantitative estimate of drug-likeness (QED) is 0.198. The van der Waals surface area contributed by atoms with Crippen molar-refractivity contribution in [2.75, 3.05) is 5.32 Å². The third kappa shape index (κ3) is 5.15. The Balaban J connectivity index is 1.11. The Morgan fingerprint density at radius 1 is 1.02 bits per heavy atom. The number of amides is 1. The molecule has 41 heavy (non-hydrogen) atoms. The van der Waals surface area contributed by atoms with Gasteiger partial charge < -0.3 is 4.57 Å². The van der Waals surface area contributed by atoms with Gasteiger partial charge in [0.25, 0.3) is 0 Å². The van der Waals surface area contributed by atoms with E-state index in [9.17, 15) is 9.59 Å². The van der Waals surface area contributed by atoms with Gasteiger partial charge in [-0.25, -0.2) is 4.52 Å². The van der Waals surface area contributed by atoms with E-state index in [-0.39, 0.29) is 17.6 Å². The molecule has 0 spiro atoms. The molecule has 3 aromatic heterocycles. The van der Waals surface area contributed by atoms with Gasteiger partial charge in [0.05, 0.1) is 0 Å². The summed E-state index contributed by atoms with van der Waals surface area (Å²) in [4.78, 5) is 30.2. The Kier molecular flexibility index (Phi) is 6.62. The zero-order valence-electron chi connectivity index (χ0n) is 23.0. The molecule has 7 rings (SSSR count). The number of aryl methyl sites for hydroxylation is 1. The highest BCUT2D eigenvalue weighted by molar-refractivity contribution is 6.30. The summed E-state index contributed by atoms with van der Waals surface area (Å²) in [5, 5.41) is 8.95. The lowest BCUT2D eigenvalue weighted by molar-refractivity contribution is -0.117. The van der Waals surface area contributed by atoms with Crippen molar-refractivity contribution in [1.29, 1.82) is 0 Å². The van der Waals surface area contributed by atoms with Gasteiger partial charge in [-0.15, -0.1) is 5.10 Å². The summed E-state index contributed by atoms with van der Waals surface area (Å²) in [6.07, 6.45) is 10.6. The van der Waals surface area contributed by atoms with Gasteiger partial charge in [-0.1, -0.05) is 36.2 Å². The van der Waals surface area contributed by atoms with E-state index < -0.39 is 0 Å². The first-order valence-corrected chi connectivity index (χ1v) is 14.9. The van der Waals surface area contributed by atoms with Gasteiger partial charge in [0.2, 0.25) is 11.9 Å². The summed E-state index contributed by atoms with van der Waals surface area (Å²) in [5.41, 5.74) is 5.74. The molecule has 1 amide bonds. The first-order valence-electron chi connectivity index (χ1n) is 14.5. The van der Waals surface area contributed by atoms with Gasteiger partial charge >= 0.3 is 0 Å². The van der Waals surface area contributed by atoms with Crippen LogP contribution < -0.4 is 5.32 Å². The Morgan fingerprint density at radius 2 is 1.88 bits per heavy atom. The van der Waals surface area contributed by atoms with Crippen molar-refractivity contribution in [3.63, 3.8) is 0 Å². The van der Waals surface area contributed by atoms with Crippen LogP contribution in [0.25, 0.3) is 27.7 Å². The van der Waals surface area contributed by atoms with Gasteiger partial charge in [-0.05, 0) is 97.0 Å². The second kappa shape index (κ2) is 10.5. The second-order valence-corrected chi connectivity index (χ2v) is 12.1. The predicted octanol–water partition coefficient (Wildman–Crippen LogP) is 7.44. The third-order valence-corrected chi connectivity index (χ3v) is 9.06. The summed E-state index contributed by atoms with van der Waals surface area (Å²) < 4.78 is 3.70. The largest absolute Gasteiger partial charge is 0.350 e. The van der Waals surface area contributed by atoms with Crippen LogP contribution in [0.2, 0.25) is 5.02 Å². The summed E-state index contributed by atoms with van der Waals surface area (Å²) in [6, 6.07) is 18.4. The molecule has 0 saturated heterocycles. The number of carbonyl (C=O) groups excluding carboxylic acids is 2. The van der Waals surface area contributed by atoms with Crippen molar-refractivity contribution in [2.24, 2.45) is 18.9 Å². The van der Waals surface area contributed by atoms with Crippen LogP contribution in [-0.2, 0) is 11.8 Å². The van der Waals surface area contributed by atoms with Crippen LogP contribution in [0.1, 0.15) is 66.8 Å². The topological polar surface area (TPSA) is 81.3 Å². The summed E-state index contributed by atoms with van der Waals surface area (Å²) >= 11 is 6.27. The number of fused-ring (bicyclic) bond motifs is 2. The number of Topliss-reactive ketones (excluding diaryl/α,β-unsaturated/α-hetero) is 1. The van der Waals surface area contributed by atoms with E-state index in [1.165, 1.54) is 12.0 Å². The minimum atomic E-state index is -0.0132. The van der Waals surface area contributed by atoms with E-state index in [1.54, 1.807) is 4.52 Å². The zero-order chi connectivity index (χ0) is 28.1. The molecule has 2 aliphatic rings. The summed E-state index contributed by atoms with van der Waals surface area (Å²) in [7, 11) is 1.99. The molecular formula is C33H32ClN5O2. The maximum absolute atomic E-state index is 13.6. The number of halogens is 1. The van der Waals surface area contributed by atoms with E-state index in [2.05, 4.69) is 45.7 Å². The highest BCUT2D eigenvalue weighted by Gasteiger charge is 2.31. The number of nitrogens with zero attached hydrogens (tertiary/aromatic N) is 4. The molecular weight excluding hydrogens is 534 g/mol. The number of benzene rings is 2. The van der Waals surface area contributed by atoms with Gasteiger partial charge in [-0.3, -0.25) is 14.9 Å². The van der Waals surface area contributed by atoms with Gasteiger partial charge in [0.1, 0.15) is 0 Å². The lowest BCUT2D eigenvalue weighted by atomic mass is 9.85. The number of anilines is 1. The highest BCUT2D eigenvalue weighted by Crippen LogP contribution is 2.43. The molecule has 0 radical (unpaired) electrons. The van der Waals surface area contributed by atoms with Crippen molar-refractivity contribution < 1.29 is 9.59 Å². The lowest BCUT2D eigenvalue weighted by Gasteiger charge is -2.20. The maximum Gasteiger partial charge on any atom is 0.249 e. The highest BCUT2D eigenvalue weighted by atomic mass is 35.5. The fraction of sp³-hybridized carbons (Fsp3) is 0.333. The minimum Gasteiger partial charge on any atom is -0.350 e. The van der Waals surface area contributed by atoms with Crippen LogP contribution in [0.5, 0.6) is 0 Å². The van der Waals surface area contributed by atoms with Crippen LogP contribution in [0, 0.1) is 11.8 Å². The van der Waals surface area contributed by atoms with Crippen LogP contribution in [0.4, 0.5) is 5.95 Å². The van der Waals surface area contributed by atoms with E-state index in [1.807, 2.05) is 48.3 Å². The van der Waals surface area contributed by atoms with Crippen LogP contribution in [0.15, 0.2) is 67.0 Å². The molecule has 3 heterocycles. The van der Waals surface area contributed by atoms with Gasteiger partial charge in [0.15, 0.2) is 11.4 Å². The fourth-order valence-corrected chi connectivity index (χ4v) is 6.67. The molecule has 8 heteroatoms. The number of hydrogen-bond donors (Lipinski definition) is 1. The molecule has 1 unspecified atom stereocenters. The normalized spacial score (nSPS) is 18.8. The molecule has 5 aromatic rings. The van der Waals surface area contributed by atoms with E-state index in [4.69, 9.17) is 11.6 Å². The first kappa shape index (κ1) is 26.0. The molecule has 2 aliphatic carbocycles. The first-order chi connectivity index (χ1) is 19.9. The zero-order valence-corrected chi connectivity index (χ0v) is 23.8. The molecule has 2 saturated carbocycles. The lowest BCUT2D eigenvalue weighted by Crippen LogP contribution is -2.14. The molecule has 7 nitrogen and oxygen atoms in total. The second-order valence-electron chi connectivity index (χ2n) is 11.6. The number of ketones is 1. The van der Waals surface area contributed by atoms with Crippen LogP contribution >= 0.6 is 11.6 Å². The molecule has 0 aliphatic heterocycles. The summed E-state index contributed by atoms with van der Waals surface area (Å²) in [6.45, 7) is 0. The molecule has 208 valence electrons. The fourth-order valence-electron chi connectivity index (χ4n) is 6.48. The molecule has 2 fully saturated rings. The summed E-state index contributed by atoms with van der Waals surface area (Å²) in [5.74, 6) is 1.56. The van der Waals surface area contributed by atoms with Gasteiger partial charge in [-0.2, -0.15) is 4.98 Å². The number of nitrogens with one attached hydrogen (secondary N) is 1. The number of pyridine rings is 1. The van der Waals surface area contributed by atoms with Crippen LogP contribution in [-0.4, -0.2) is 30.9 Å². The van der Waals surface area contributed by atoms with Crippen molar-refractivity contribution in [3.8, 4) is 11.1 Å². The SMILES string of the molecule is Cn1cc(C(=O)CCC2CCC[C@H]2c2cccc(Cl)c2)c2cc(-c3ccn4nc(NC(=O)C5CC5)nc4c3)ccc21. The van der Waals surface area contributed by atoms with Crippen molar-refractivity contribution in [1.82, 2.24) is 19.2 Å². The predicted molar refractivity (Wildman–Crippen MR) is 161 cm³/mol. The molecule has 0 bridgehead atoms. The average Bonchev–Trinajstić information content (AvgIpc) is 3.45. The monoisotopic (exact) mass is 565 g/mol. The van der Waals surface area contributed by atoms with E-state index >= 15 is 0 Å². The number of aromatic nitrogens is 4. The smallest absolute Gasteiger partial charge is 0.249 e. The number of hydrogen-bond acceptors (Lipinski definition) is 4. The standard InChI is InChI=1S/C33H32ClN5O2/c1-38-19-28(30(40)13-11-20-4-3-7-26(20)24-5-2-6-25(34)16-24)27-17-22(10-12-29(27)38)23-14-15-39-31(18-23)35-33(37-39)36-32(41)21-8-9-21/h2,5-6,10,12,14-21,26H,3-4,7-9,11,13H2,1H3,(H,36,37,41)/t20?,26-/m1/s1. The van der Waals surface area contributed by atoms with Crippen molar-refractivity contribution in [2.45, 2.75) is 50.9 Å². The number of carbonyl (C=O) groups is 2. The van der Waals surface area contributed by atoms with Crippen LogP contribution in [0.3, 0.4) is 0 Å². The average molecular weight is 566 g/mol. The van der Waals surface area contributed by atoms with Crippen molar-refractivity contribution >= 4 is 45.8 Å². The molecule has 1 N–H and O–H groups in total. The minimum absolute atomic E-state index is 0.0132. The Bertz CT molecular complexity index is 1800. The third-order valence-electron chi connectivity index (χ3n) is 8.82. The maximum atomic E-state index is 13.6. The number of rotatable bonds is 8. The molecule has 2 atom stereocenters. The van der Waals surface area contributed by atoms with E-state index in [0.29, 0.717) is 29.9 Å². The van der Waals surface area contributed by atoms with E-state index in [0.717, 1.165) is 64.7 Å². The Morgan fingerprint density at radius 3 is 2.71 bits per heavy atom. The molecule has 2 aromatic carbocycles. The van der Waals surface area contributed by atoms with Gasteiger partial charge in [0, 0.05) is 53.3 Å². The Hall–Kier alpha value is -3.97. The Labute approximate surface area is 243 Å². The van der Waals surface area contributed by atoms with Crippen molar-refractivity contribution in [3.05, 3.63) is 83.1 Å².